The predicted molar refractivity (Wildman–Crippen MR) is 106 cm³/mol. The lowest BCUT2D eigenvalue weighted by Gasteiger charge is -2.21. The van der Waals surface area contributed by atoms with Crippen LogP contribution in [0, 0.1) is 5.92 Å². The maximum Gasteiger partial charge on any atom is 0.329 e. The van der Waals surface area contributed by atoms with Crippen molar-refractivity contribution in [2.75, 3.05) is 6.61 Å². The number of carbonyl (C=O) groups is 3. The van der Waals surface area contributed by atoms with Crippen molar-refractivity contribution in [3.8, 4) is 0 Å². The summed E-state index contributed by atoms with van der Waals surface area (Å²) < 4.78 is 5.14. The number of carbonyl (C=O) groups excluding carboxylic acids is 3. The summed E-state index contributed by atoms with van der Waals surface area (Å²) >= 11 is 0. The fourth-order valence-corrected chi connectivity index (χ4v) is 2.65. The average molecular weight is 382 g/mol. The summed E-state index contributed by atoms with van der Waals surface area (Å²) in [6.45, 7) is 5.05. The van der Waals surface area contributed by atoms with Crippen LogP contribution in [0.15, 0.2) is 60.7 Å². The molecule has 2 aromatic carbocycles. The van der Waals surface area contributed by atoms with Crippen molar-refractivity contribution in [1.29, 1.82) is 0 Å². The molecule has 0 fully saturated rings. The zero-order valence-corrected chi connectivity index (χ0v) is 16.3. The van der Waals surface area contributed by atoms with Crippen molar-refractivity contribution in [2.24, 2.45) is 5.92 Å². The van der Waals surface area contributed by atoms with Gasteiger partial charge in [-0.25, -0.2) is 4.79 Å². The maximum atomic E-state index is 12.4. The van der Waals surface area contributed by atoms with Crippen molar-refractivity contribution in [2.45, 2.75) is 32.9 Å². The summed E-state index contributed by atoms with van der Waals surface area (Å²) in [5, 5.41) is 5.46. The van der Waals surface area contributed by atoms with E-state index in [4.69, 9.17) is 4.74 Å². The minimum absolute atomic E-state index is 0.188. The van der Waals surface area contributed by atoms with Gasteiger partial charge in [0.2, 0.25) is 0 Å². The molecule has 0 bridgehead atoms. The van der Waals surface area contributed by atoms with Crippen LogP contribution < -0.4 is 10.6 Å². The van der Waals surface area contributed by atoms with E-state index in [0.717, 1.165) is 5.56 Å². The standard InChI is InChI=1S/C22H26N2O4/c1-15(2)20(24-21(26)18-12-8-5-9-13-18)22(27)28-14-19(25)23-16(3)17-10-6-4-7-11-17/h4-13,15-16,20H,14H2,1-3H3,(H,23,25)(H,24,26)/t16-,20+/m1/s1. The molecule has 6 nitrogen and oxygen atoms in total. The zero-order chi connectivity index (χ0) is 20.5. The molecule has 0 aliphatic heterocycles. The Morgan fingerprint density at radius 3 is 2.00 bits per heavy atom. The van der Waals surface area contributed by atoms with Crippen LogP contribution in [0.5, 0.6) is 0 Å². The first-order valence-electron chi connectivity index (χ1n) is 9.25. The lowest BCUT2D eigenvalue weighted by atomic mass is 10.0. The quantitative estimate of drug-likeness (QED) is 0.688. The molecule has 0 saturated carbocycles. The van der Waals surface area contributed by atoms with E-state index in [1.54, 1.807) is 44.2 Å². The smallest absolute Gasteiger partial charge is 0.329 e. The molecule has 0 aliphatic carbocycles. The Labute approximate surface area is 165 Å². The Morgan fingerprint density at radius 2 is 1.43 bits per heavy atom. The number of benzene rings is 2. The topological polar surface area (TPSA) is 84.5 Å². The Kier molecular flexibility index (Phi) is 7.75. The molecule has 0 aliphatic rings. The van der Waals surface area contributed by atoms with Crippen LogP contribution >= 0.6 is 0 Å². The Morgan fingerprint density at radius 1 is 0.857 bits per heavy atom. The second kappa shape index (κ2) is 10.3. The second-order valence-electron chi connectivity index (χ2n) is 6.87. The van der Waals surface area contributed by atoms with Crippen molar-refractivity contribution < 1.29 is 19.1 Å². The fourth-order valence-electron chi connectivity index (χ4n) is 2.65. The Balaban J connectivity index is 1.88. The van der Waals surface area contributed by atoms with Crippen LogP contribution in [0.3, 0.4) is 0 Å². The lowest BCUT2D eigenvalue weighted by Crippen LogP contribution is -2.46. The van der Waals surface area contributed by atoms with Gasteiger partial charge < -0.3 is 15.4 Å². The fraction of sp³-hybridized carbons (Fsp3) is 0.318. The van der Waals surface area contributed by atoms with Crippen molar-refractivity contribution >= 4 is 17.8 Å². The molecule has 2 N–H and O–H groups in total. The minimum Gasteiger partial charge on any atom is -0.454 e. The molecule has 2 atom stereocenters. The first-order chi connectivity index (χ1) is 13.4. The molecule has 0 spiro atoms. The highest BCUT2D eigenvalue weighted by atomic mass is 16.5. The van der Waals surface area contributed by atoms with Gasteiger partial charge >= 0.3 is 5.97 Å². The van der Waals surface area contributed by atoms with Gasteiger partial charge in [-0.2, -0.15) is 0 Å². The molecule has 0 saturated heterocycles. The molecular weight excluding hydrogens is 356 g/mol. The number of hydrogen-bond donors (Lipinski definition) is 2. The highest BCUT2D eigenvalue weighted by Crippen LogP contribution is 2.11. The largest absolute Gasteiger partial charge is 0.454 e. The van der Waals surface area contributed by atoms with Crippen molar-refractivity contribution in [1.82, 2.24) is 10.6 Å². The van der Waals surface area contributed by atoms with Gasteiger partial charge in [0.15, 0.2) is 6.61 Å². The molecule has 0 unspecified atom stereocenters. The Bertz CT molecular complexity index is 791. The lowest BCUT2D eigenvalue weighted by molar-refractivity contribution is -0.151. The summed E-state index contributed by atoms with van der Waals surface area (Å²) in [7, 11) is 0. The second-order valence-corrected chi connectivity index (χ2v) is 6.87. The van der Waals surface area contributed by atoms with Gasteiger partial charge in [0.25, 0.3) is 11.8 Å². The van der Waals surface area contributed by atoms with E-state index in [1.165, 1.54) is 0 Å². The zero-order valence-electron chi connectivity index (χ0n) is 16.3. The number of rotatable bonds is 8. The van der Waals surface area contributed by atoms with Gasteiger partial charge in [0.1, 0.15) is 6.04 Å². The van der Waals surface area contributed by atoms with Gasteiger partial charge in [0.05, 0.1) is 6.04 Å². The molecule has 2 amide bonds. The summed E-state index contributed by atoms with van der Waals surface area (Å²) in [4.78, 5) is 36.8. The van der Waals surface area contributed by atoms with E-state index < -0.39 is 24.5 Å². The normalized spacial score (nSPS) is 12.7. The number of esters is 1. The van der Waals surface area contributed by atoms with E-state index in [0.29, 0.717) is 5.56 Å². The van der Waals surface area contributed by atoms with E-state index in [-0.39, 0.29) is 17.9 Å². The number of ether oxygens (including phenoxy) is 1. The summed E-state index contributed by atoms with van der Waals surface area (Å²) in [6.07, 6.45) is 0. The molecule has 0 radical (unpaired) electrons. The van der Waals surface area contributed by atoms with E-state index in [2.05, 4.69) is 10.6 Å². The summed E-state index contributed by atoms with van der Waals surface area (Å²) in [6, 6.07) is 17.1. The molecular formula is C22H26N2O4. The molecule has 2 rings (SSSR count). The Hall–Kier alpha value is -3.15. The van der Waals surface area contributed by atoms with E-state index >= 15 is 0 Å². The third kappa shape index (κ3) is 6.23. The predicted octanol–water partition coefficient (Wildman–Crippen LogP) is 2.86. The van der Waals surface area contributed by atoms with Crippen LogP contribution in [0.1, 0.15) is 42.7 Å². The highest BCUT2D eigenvalue weighted by molar-refractivity contribution is 5.97. The van der Waals surface area contributed by atoms with Crippen LogP contribution in [0.2, 0.25) is 0 Å². The third-order valence-electron chi connectivity index (χ3n) is 4.27. The minimum atomic E-state index is -0.841. The number of amides is 2. The van der Waals surface area contributed by atoms with Crippen molar-refractivity contribution in [3.05, 3.63) is 71.8 Å². The van der Waals surface area contributed by atoms with Crippen LogP contribution in [-0.2, 0) is 14.3 Å². The van der Waals surface area contributed by atoms with E-state index in [1.807, 2.05) is 37.3 Å². The van der Waals surface area contributed by atoms with Gasteiger partial charge in [-0.1, -0.05) is 62.4 Å². The molecule has 0 heterocycles. The maximum absolute atomic E-state index is 12.4. The molecule has 2 aromatic rings. The van der Waals surface area contributed by atoms with Gasteiger partial charge in [-0.3, -0.25) is 9.59 Å². The first-order valence-corrected chi connectivity index (χ1v) is 9.25. The summed E-state index contributed by atoms with van der Waals surface area (Å²) in [5.74, 6) is -1.59. The number of hydrogen-bond acceptors (Lipinski definition) is 4. The molecule has 6 heteroatoms. The monoisotopic (exact) mass is 382 g/mol. The van der Waals surface area contributed by atoms with Crippen molar-refractivity contribution in [3.63, 3.8) is 0 Å². The SMILES string of the molecule is CC(C)[C@H](NC(=O)c1ccccc1)C(=O)OCC(=O)N[C@H](C)c1ccccc1. The van der Waals surface area contributed by atoms with Crippen LogP contribution in [0.4, 0.5) is 0 Å². The molecule has 28 heavy (non-hydrogen) atoms. The third-order valence-corrected chi connectivity index (χ3v) is 4.27. The molecule has 148 valence electrons. The first kappa shape index (κ1) is 21.2. The van der Waals surface area contributed by atoms with Gasteiger partial charge in [0, 0.05) is 5.56 Å². The van der Waals surface area contributed by atoms with E-state index in [9.17, 15) is 14.4 Å². The molecule has 0 aromatic heterocycles. The number of nitrogens with one attached hydrogen (secondary N) is 2. The van der Waals surface area contributed by atoms with Crippen LogP contribution in [0.25, 0.3) is 0 Å². The average Bonchev–Trinajstić information content (AvgIpc) is 2.71. The van der Waals surface area contributed by atoms with Crippen LogP contribution in [-0.4, -0.2) is 30.4 Å². The highest BCUT2D eigenvalue weighted by Gasteiger charge is 2.26. The van der Waals surface area contributed by atoms with Gasteiger partial charge in [-0.05, 0) is 30.5 Å². The van der Waals surface area contributed by atoms with Gasteiger partial charge in [-0.15, -0.1) is 0 Å². The summed E-state index contributed by atoms with van der Waals surface area (Å²) in [5.41, 5.74) is 1.41.